The SMILES string of the molecule is [CH2-]CCCCCCCCCCCC.[Na+]. The molecule has 0 amide bonds. The summed E-state index contributed by atoms with van der Waals surface area (Å²) in [6.45, 7) is 6.13. The fourth-order valence-corrected chi connectivity index (χ4v) is 1.66. The van der Waals surface area contributed by atoms with Gasteiger partial charge in [0.25, 0.3) is 0 Å². The Morgan fingerprint density at radius 1 is 0.643 bits per heavy atom. The molecule has 0 aromatic carbocycles. The van der Waals surface area contributed by atoms with Crippen molar-refractivity contribution in [3.05, 3.63) is 6.92 Å². The second-order valence-corrected chi connectivity index (χ2v) is 4.04. The van der Waals surface area contributed by atoms with Gasteiger partial charge in [0.1, 0.15) is 0 Å². The van der Waals surface area contributed by atoms with Gasteiger partial charge >= 0.3 is 29.6 Å². The predicted molar refractivity (Wildman–Crippen MR) is 61.8 cm³/mol. The van der Waals surface area contributed by atoms with Crippen LogP contribution in [0.4, 0.5) is 0 Å². The first-order valence-corrected chi connectivity index (χ1v) is 6.21. The van der Waals surface area contributed by atoms with Crippen LogP contribution in [0, 0.1) is 6.92 Å². The normalized spacial score (nSPS) is 9.86. The van der Waals surface area contributed by atoms with E-state index in [4.69, 9.17) is 0 Å². The zero-order valence-corrected chi connectivity index (χ0v) is 12.5. The number of unbranched alkanes of at least 4 members (excludes halogenated alkanes) is 10. The van der Waals surface area contributed by atoms with E-state index in [9.17, 15) is 0 Å². The molecule has 0 unspecified atom stereocenters. The second kappa shape index (κ2) is 16.4. The van der Waals surface area contributed by atoms with E-state index in [1.54, 1.807) is 0 Å². The van der Waals surface area contributed by atoms with Gasteiger partial charge in [-0.25, -0.2) is 0 Å². The summed E-state index contributed by atoms with van der Waals surface area (Å²) < 4.78 is 0. The molecule has 0 heterocycles. The maximum absolute atomic E-state index is 3.85. The average molecular weight is 206 g/mol. The summed E-state index contributed by atoms with van der Waals surface area (Å²) in [6, 6.07) is 0. The van der Waals surface area contributed by atoms with Crippen molar-refractivity contribution in [3.8, 4) is 0 Å². The molecule has 0 aliphatic rings. The summed E-state index contributed by atoms with van der Waals surface area (Å²) in [5.74, 6) is 0. The van der Waals surface area contributed by atoms with E-state index >= 15 is 0 Å². The van der Waals surface area contributed by atoms with Crippen LogP contribution in [0.1, 0.15) is 77.6 Å². The summed E-state index contributed by atoms with van der Waals surface area (Å²) in [4.78, 5) is 0. The van der Waals surface area contributed by atoms with Gasteiger partial charge in [0.05, 0.1) is 0 Å². The molecule has 0 aromatic rings. The Kier molecular flexibility index (Phi) is 20.4. The molecule has 0 fully saturated rings. The third-order valence-corrected chi connectivity index (χ3v) is 2.60. The maximum atomic E-state index is 3.85. The first kappa shape index (κ1) is 17.4. The number of rotatable bonds is 10. The van der Waals surface area contributed by atoms with Crippen molar-refractivity contribution in [1.29, 1.82) is 0 Å². The first-order valence-electron chi connectivity index (χ1n) is 6.21. The minimum Gasteiger partial charge on any atom is -0.343 e. The van der Waals surface area contributed by atoms with E-state index in [0.717, 1.165) is 6.42 Å². The van der Waals surface area contributed by atoms with Gasteiger partial charge in [0.15, 0.2) is 0 Å². The monoisotopic (exact) mass is 206 g/mol. The third kappa shape index (κ3) is 15.5. The summed E-state index contributed by atoms with van der Waals surface area (Å²) in [5.41, 5.74) is 0. The Morgan fingerprint density at radius 3 is 1.36 bits per heavy atom. The average Bonchev–Trinajstić information content (AvgIpc) is 2.16. The molecule has 0 rings (SSSR count). The Hall–Kier alpha value is 1.00. The molecule has 0 aromatic heterocycles. The van der Waals surface area contributed by atoms with E-state index in [-0.39, 0.29) is 29.6 Å². The van der Waals surface area contributed by atoms with Gasteiger partial charge in [0, 0.05) is 0 Å². The minimum atomic E-state index is 0. The summed E-state index contributed by atoms with van der Waals surface area (Å²) in [7, 11) is 0. The Bertz CT molecular complexity index is 71.3. The molecular formula is C13H27Na. The van der Waals surface area contributed by atoms with E-state index in [1.807, 2.05) is 0 Å². The molecule has 0 N–H and O–H groups in total. The van der Waals surface area contributed by atoms with Crippen LogP contribution in [0.3, 0.4) is 0 Å². The zero-order valence-electron chi connectivity index (χ0n) is 10.5. The zero-order chi connectivity index (χ0) is 9.78. The molecule has 80 valence electrons. The van der Waals surface area contributed by atoms with Crippen molar-refractivity contribution in [2.75, 3.05) is 0 Å². The minimum absolute atomic E-state index is 0. The number of hydrogen-bond acceptors (Lipinski definition) is 0. The van der Waals surface area contributed by atoms with Crippen LogP contribution in [0.15, 0.2) is 0 Å². The molecule has 0 radical (unpaired) electrons. The van der Waals surface area contributed by atoms with Gasteiger partial charge in [-0.2, -0.15) is 6.42 Å². The molecule has 0 aliphatic heterocycles. The molecule has 0 aliphatic carbocycles. The van der Waals surface area contributed by atoms with Gasteiger partial charge in [0.2, 0.25) is 0 Å². The van der Waals surface area contributed by atoms with Gasteiger partial charge in [-0.05, 0) is 0 Å². The fraction of sp³-hybridized carbons (Fsp3) is 0.923. The van der Waals surface area contributed by atoms with Crippen LogP contribution in [-0.4, -0.2) is 0 Å². The molecule has 0 bridgehead atoms. The maximum Gasteiger partial charge on any atom is 1.00 e. The van der Waals surface area contributed by atoms with Crippen molar-refractivity contribution in [3.63, 3.8) is 0 Å². The van der Waals surface area contributed by atoms with Crippen LogP contribution < -0.4 is 29.6 Å². The van der Waals surface area contributed by atoms with Crippen molar-refractivity contribution >= 4 is 0 Å². The van der Waals surface area contributed by atoms with Crippen molar-refractivity contribution < 1.29 is 29.6 Å². The molecule has 0 spiro atoms. The van der Waals surface area contributed by atoms with Gasteiger partial charge < -0.3 is 6.92 Å². The molecule has 0 saturated heterocycles. The quantitative estimate of drug-likeness (QED) is 0.292. The van der Waals surface area contributed by atoms with Crippen LogP contribution in [0.5, 0.6) is 0 Å². The molecule has 14 heavy (non-hydrogen) atoms. The number of hydrogen-bond donors (Lipinski definition) is 0. The topological polar surface area (TPSA) is 0 Å². The Morgan fingerprint density at radius 2 is 1.00 bits per heavy atom. The largest absolute Gasteiger partial charge is 1.00 e. The van der Waals surface area contributed by atoms with Gasteiger partial charge in [-0.3, -0.25) is 0 Å². The molecule has 0 nitrogen and oxygen atoms in total. The van der Waals surface area contributed by atoms with Crippen LogP contribution in [0.25, 0.3) is 0 Å². The standard InChI is InChI=1S/C13H27.Na/c1-3-5-7-9-11-13-12-10-8-6-4-2;/h1,3-13H2,2H3;/q-1;+1. The fourth-order valence-electron chi connectivity index (χ4n) is 1.66. The van der Waals surface area contributed by atoms with Gasteiger partial charge in [-0.15, -0.1) is 0 Å². The Balaban J connectivity index is 0. The van der Waals surface area contributed by atoms with Crippen molar-refractivity contribution in [2.45, 2.75) is 77.6 Å². The Labute approximate surface area is 114 Å². The smallest absolute Gasteiger partial charge is 0.343 e. The van der Waals surface area contributed by atoms with E-state index < -0.39 is 0 Å². The predicted octanol–water partition coefficient (Wildman–Crippen LogP) is 2.14. The van der Waals surface area contributed by atoms with E-state index in [1.165, 1.54) is 64.2 Å². The molecule has 0 atom stereocenters. The van der Waals surface area contributed by atoms with Crippen LogP contribution >= 0.6 is 0 Å². The summed E-state index contributed by atoms with van der Waals surface area (Å²) in [6.07, 6.45) is 15.4. The summed E-state index contributed by atoms with van der Waals surface area (Å²) >= 11 is 0. The third-order valence-electron chi connectivity index (χ3n) is 2.60. The van der Waals surface area contributed by atoms with Crippen molar-refractivity contribution in [2.24, 2.45) is 0 Å². The van der Waals surface area contributed by atoms with E-state index in [2.05, 4.69) is 13.8 Å². The summed E-state index contributed by atoms with van der Waals surface area (Å²) in [5, 5.41) is 0. The van der Waals surface area contributed by atoms with Crippen LogP contribution in [0.2, 0.25) is 0 Å². The molecule has 1 heteroatoms. The molecular weight excluding hydrogens is 179 g/mol. The van der Waals surface area contributed by atoms with E-state index in [0.29, 0.717) is 0 Å². The van der Waals surface area contributed by atoms with Crippen molar-refractivity contribution in [1.82, 2.24) is 0 Å². The second-order valence-electron chi connectivity index (χ2n) is 4.04. The first-order chi connectivity index (χ1) is 6.41. The van der Waals surface area contributed by atoms with Gasteiger partial charge in [-0.1, -0.05) is 71.1 Å². The molecule has 0 saturated carbocycles. The van der Waals surface area contributed by atoms with Crippen LogP contribution in [-0.2, 0) is 0 Å².